The van der Waals surface area contributed by atoms with Crippen LogP contribution in [0.5, 0.6) is 0 Å². The van der Waals surface area contributed by atoms with Gasteiger partial charge in [0, 0.05) is 19.3 Å². The monoisotopic (exact) mass is 305 g/mol. The molecule has 0 aliphatic carbocycles. The van der Waals surface area contributed by atoms with Crippen molar-refractivity contribution in [2.75, 3.05) is 13.6 Å². The van der Waals surface area contributed by atoms with Gasteiger partial charge in [-0.1, -0.05) is 81.5 Å². The van der Waals surface area contributed by atoms with E-state index >= 15 is 0 Å². The summed E-state index contributed by atoms with van der Waals surface area (Å²) in [6.45, 7) is 7.47. The largest absolute Gasteiger partial charge is 0.370 e. The molecule has 0 atom stereocenters. The molecule has 2 aromatic carbocycles. The zero-order chi connectivity index (χ0) is 16.7. The van der Waals surface area contributed by atoms with Crippen molar-refractivity contribution < 1.29 is 0 Å². The van der Waals surface area contributed by atoms with E-state index in [0.29, 0.717) is 0 Å². The first-order valence-electron chi connectivity index (χ1n) is 8.31. The third-order valence-electron chi connectivity index (χ3n) is 3.45. The van der Waals surface area contributed by atoms with E-state index in [1.165, 1.54) is 22.4 Å². The van der Waals surface area contributed by atoms with Crippen molar-refractivity contribution in [1.29, 1.82) is 0 Å². The summed E-state index contributed by atoms with van der Waals surface area (Å²) in [6.07, 6.45) is 6.47. The summed E-state index contributed by atoms with van der Waals surface area (Å²) in [4.78, 5) is 2.27. The van der Waals surface area contributed by atoms with Gasteiger partial charge in [0.15, 0.2) is 0 Å². The van der Waals surface area contributed by atoms with Gasteiger partial charge in [0.1, 0.15) is 0 Å². The number of nitrogens with zero attached hydrogens (tertiary/aromatic N) is 1. The van der Waals surface area contributed by atoms with Crippen LogP contribution < -0.4 is 0 Å². The second kappa shape index (κ2) is 8.38. The van der Waals surface area contributed by atoms with Crippen LogP contribution in [0.15, 0.2) is 72.8 Å². The van der Waals surface area contributed by atoms with Crippen LogP contribution in [0.3, 0.4) is 0 Å². The SMILES string of the molecule is CC(C)C.CN1CC=CC=C1c1cccc(-c2ccccc2)c1. The Labute approximate surface area is 141 Å². The van der Waals surface area contributed by atoms with Crippen molar-refractivity contribution in [1.82, 2.24) is 4.90 Å². The topological polar surface area (TPSA) is 3.24 Å². The van der Waals surface area contributed by atoms with Crippen molar-refractivity contribution in [2.45, 2.75) is 20.8 Å². The maximum atomic E-state index is 2.27. The molecule has 1 aliphatic rings. The van der Waals surface area contributed by atoms with Gasteiger partial charge in [-0.2, -0.15) is 0 Å². The molecule has 0 saturated carbocycles. The molecule has 1 nitrogen and oxygen atoms in total. The Hall–Kier alpha value is -2.28. The second-order valence-corrected chi connectivity index (χ2v) is 6.54. The van der Waals surface area contributed by atoms with Crippen LogP contribution in [0.4, 0.5) is 0 Å². The molecular formula is C22H27N. The predicted octanol–water partition coefficient (Wildman–Crippen LogP) is 5.86. The fourth-order valence-electron chi connectivity index (χ4n) is 2.41. The number of benzene rings is 2. The Morgan fingerprint density at radius 1 is 0.826 bits per heavy atom. The third kappa shape index (κ3) is 5.14. The molecule has 0 N–H and O–H groups in total. The smallest absolute Gasteiger partial charge is 0.0440 e. The molecule has 23 heavy (non-hydrogen) atoms. The maximum absolute atomic E-state index is 2.27. The average Bonchev–Trinajstić information content (AvgIpc) is 2.56. The Morgan fingerprint density at radius 3 is 2.09 bits per heavy atom. The van der Waals surface area contributed by atoms with Gasteiger partial charge in [0.25, 0.3) is 0 Å². The van der Waals surface area contributed by atoms with Crippen LogP contribution in [0, 0.1) is 5.92 Å². The minimum Gasteiger partial charge on any atom is -0.370 e. The lowest BCUT2D eigenvalue weighted by molar-refractivity contribution is 0.531. The highest BCUT2D eigenvalue weighted by Gasteiger charge is 2.09. The molecule has 0 unspecified atom stereocenters. The number of likely N-dealkylation sites (N-methyl/N-ethyl adjacent to an activating group) is 1. The number of rotatable bonds is 2. The summed E-state index contributed by atoms with van der Waals surface area (Å²) < 4.78 is 0. The first kappa shape index (κ1) is 17.1. The van der Waals surface area contributed by atoms with Crippen LogP contribution in [0.1, 0.15) is 26.3 Å². The van der Waals surface area contributed by atoms with E-state index in [4.69, 9.17) is 0 Å². The molecule has 0 saturated heterocycles. The Balaban J connectivity index is 0.000000433. The summed E-state index contributed by atoms with van der Waals surface area (Å²) in [5, 5.41) is 0. The van der Waals surface area contributed by atoms with Crippen LogP contribution >= 0.6 is 0 Å². The van der Waals surface area contributed by atoms with E-state index in [1.54, 1.807) is 0 Å². The van der Waals surface area contributed by atoms with Gasteiger partial charge in [-0.3, -0.25) is 0 Å². The summed E-state index contributed by atoms with van der Waals surface area (Å²) >= 11 is 0. The molecular weight excluding hydrogens is 278 g/mol. The highest BCUT2D eigenvalue weighted by atomic mass is 15.1. The van der Waals surface area contributed by atoms with E-state index in [2.05, 4.69) is 106 Å². The normalized spacial score (nSPS) is 13.4. The number of hydrogen-bond acceptors (Lipinski definition) is 1. The van der Waals surface area contributed by atoms with Gasteiger partial charge in [0.2, 0.25) is 0 Å². The highest BCUT2D eigenvalue weighted by molar-refractivity contribution is 5.73. The van der Waals surface area contributed by atoms with E-state index in [9.17, 15) is 0 Å². The highest BCUT2D eigenvalue weighted by Crippen LogP contribution is 2.26. The summed E-state index contributed by atoms with van der Waals surface area (Å²) in [5.74, 6) is 0.833. The zero-order valence-corrected chi connectivity index (χ0v) is 14.7. The Bertz CT molecular complexity index is 663. The van der Waals surface area contributed by atoms with E-state index in [-0.39, 0.29) is 0 Å². The van der Waals surface area contributed by atoms with Gasteiger partial charge in [-0.05, 0) is 34.8 Å². The fraction of sp³-hybridized carbons (Fsp3) is 0.273. The van der Waals surface area contributed by atoms with Crippen molar-refractivity contribution in [3.63, 3.8) is 0 Å². The van der Waals surface area contributed by atoms with Gasteiger partial charge in [-0.15, -0.1) is 0 Å². The maximum Gasteiger partial charge on any atom is 0.0440 e. The quantitative estimate of drug-likeness (QED) is 0.672. The molecule has 1 aliphatic heterocycles. The molecule has 0 amide bonds. The number of allylic oxidation sites excluding steroid dienone is 2. The first-order valence-corrected chi connectivity index (χ1v) is 8.31. The predicted molar refractivity (Wildman–Crippen MR) is 102 cm³/mol. The molecule has 1 heterocycles. The van der Waals surface area contributed by atoms with Gasteiger partial charge < -0.3 is 4.90 Å². The fourth-order valence-corrected chi connectivity index (χ4v) is 2.41. The minimum atomic E-state index is 0.833. The molecule has 3 rings (SSSR count). The van der Waals surface area contributed by atoms with Crippen molar-refractivity contribution in [2.24, 2.45) is 5.92 Å². The van der Waals surface area contributed by atoms with Crippen LogP contribution in [0.2, 0.25) is 0 Å². The van der Waals surface area contributed by atoms with E-state index in [1.807, 2.05) is 0 Å². The molecule has 0 fully saturated rings. The number of hydrogen-bond donors (Lipinski definition) is 0. The molecule has 0 bridgehead atoms. The Kier molecular flexibility index (Phi) is 6.22. The van der Waals surface area contributed by atoms with E-state index < -0.39 is 0 Å². The van der Waals surface area contributed by atoms with Gasteiger partial charge in [0.05, 0.1) is 0 Å². The van der Waals surface area contributed by atoms with E-state index in [0.717, 1.165) is 12.5 Å². The van der Waals surface area contributed by atoms with Crippen LogP contribution in [-0.2, 0) is 0 Å². The van der Waals surface area contributed by atoms with Crippen LogP contribution in [-0.4, -0.2) is 18.5 Å². The third-order valence-corrected chi connectivity index (χ3v) is 3.45. The lowest BCUT2D eigenvalue weighted by Gasteiger charge is -2.24. The molecule has 0 radical (unpaired) electrons. The van der Waals surface area contributed by atoms with Crippen LogP contribution in [0.25, 0.3) is 16.8 Å². The second-order valence-electron chi connectivity index (χ2n) is 6.54. The molecule has 0 spiro atoms. The molecule has 120 valence electrons. The summed E-state index contributed by atoms with van der Waals surface area (Å²) in [5.41, 5.74) is 5.08. The van der Waals surface area contributed by atoms with Crippen molar-refractivity contribution >= 4 is 5.70 Å². The van der Waals surface area contributed by atoms with Crippen molar-refractivity contribution in [3.8, 4) is 11.1 Å². The minimum absolute atomic E-state index is 0.833. The zero-order valence-electron chi connectivity index (χ0n) is 14.7. The molecule has 2 aromatic rings. The molecule has 1 heteroatoms. The van der Waals surface area contributed by atoms with Crippen molar-refractivity contribution in [3.05, 3.63) is 78.4 Å². The average molecular weight is 305 g/mol. The summed E-state index contributed by atoms with van der Waals surface area (Å²) in [7, 11) is 2.13. The lowest BCUT2D eigenvalue weighted by atomic mass is 10.0. The van der Waals surface area contributed by atoms with Gasteiger partial charge in [-0.25, -0.2) is 0 Å². The first-order chi connectivity index (χ1) is 11.1. The Morgan fingerprint density at radius 2 is 1.43 bits per heavy atom. The lowest BCUT2D eigenvalue weighted by Crippen LogP contribution is -2.18. The summed E-state index contributed by atoms with van der Waals surface area (Å²) in [6, 6.07) is 19.2. The standard InChI is InChI=1S/C18H17N.C4H10/c1-19-13-6-5-12-18(19)17-11-7-10-16(14-17)15-8-3-2-4-9-15;1-4(2)3/h2-12,14H,13H2,1H3;4H,1-3H3. The van der Waals surface area contributed by atoms with Gasteiger partial charge >= 0.3 is 0 Å². The molecule has 0 aromatic heterocycles.